The van der Waals surface area contributed by atoms with E-state index in [-0.39, 0.29) is 18.0 Å². The van der Waals surface area contributed by atoms with Crippen LogP contribution in [0.25, 0.3) is 44.3 Å². The van der Waals surface area contributed by atoms with Crippen LogP contribution < -0.4 is 0 Å². The number of aromatic nitrogens is 2. The molecule has 3 heterocycles. The highest BCUT2D eigenvalue weighted by molar-refractivity contribution is 6.33. The lowest BCUT2D eigenvalue weighted by molar-refractivity contribution is -0.135. The molecule has 1 amide bonds. The number of ether oxygens (including phenoxy) is 1. The number of pyridine rings is 1. The van der Waals surface area contributed by atoms with Crippen molar-refractivity contribution in [2.24, 2.45) is 0 Å². The molecule has 8 heteroatoms. The van der Waals surface area contributed by atoms with Gasteiger partial charge >= 0.3 is 5.97 Å². The summed E-state index contributed by atoms with van der Waals surface area (Å²) in [6.07, 6.45) is 5.67. The van der Waals surface area contributed by atoms with Gasteiger partial charge in [-0.3, -0.25) is 4.79 Å². The van der Waals surface area contributed by atoms with Gasteiger partial charge in [-0.05, 0) is 66.3 Å². The normalized spacial score (nSPS) is 16.1. The molecule has 1 N–H and O–H groups in total. The summed E-state index contributed by atoms with van der Waals surface area (Å²) in [5, 5.41) is 12.6. The zero-order valence-corrected chi connectivity index (χ0v) is 25.2. The van der Waals surface area contributed by atoms with Crippen molar-refractivity contribution in [3.63, 3.8) is 0 Å². The Morgan fingerprint density at radius 2 is 1.73 bits per heavy atom. The van der Waals surface area contributed by atoms with Gasteiger partial charge in [0.15, 0.2) is 0 Å². The lowest BCUT2D eigenvalue weighted by Crippen LogP contribution is -2.42. The minimum absolute atomic E-state index is 0.00853. The Morgan fingerprint density at radius 1 is 0.932 bits per heavy atom. The zero-order valence-electron chi connectivity index (χ0n) is 24.5. The van der Waals surface area contributed by atoms with Crippen molar-refractivity contribution in [2.75, 3.05) is 26.3 Å². The van der Waals surface area contributed by atoms with Crippen LogP contribution in [0.1, 0.15) is 53.9 Å². The van der Waals surface area contributed by atoms with Crippen LogP contribution in [-0.4, -0.2) is 57.7 Å². The minimum Gasteiger partial charge on any atom is -0.478 e. The van der Waals surface area contributed by atoms with Gasteiger partial charge in [0.2, 0.25) is 5.91 Å². The second-order valence-corrected chi connectivity index (χ2v) is 12.2. The molecule has 44 heavy (non-hydrogen) atoms. The van der Waals surface area contributed by atoms with Gasteiger partial charge in [-0.25, -0.2) is 9.78 Å². The number of nitrogens with zero attached hydrogens (tertiary/aromatic N) is 3. The lowest BCUT2D eigenvalue weighted by Gasteiger charge is -2.28. The third kappa shape index (κ3) is 5.35. The largest absolute Gasteiger partial charge is 0.478 e. The van der Waals surface area contributed by atoms with Gasteiger partial charge < -0.3 is 19.3 Å². The predicted molar refractivity (Wildman–Crippen MR) is 173 cm³/mol. The number of carboxylic acid groups (broad SMARTS) is 1. The first-order valence-corrected chi connectivity index (χ1v) is 15.8. The molecular formula is C36H34ClN3O4. The number of rotatable bonds is 6. The smallest absolute Gasteiger partial charge is 0.335 e. The van der Waals surface area contributed by atoms with E-state index < -0.39 is 5.97 Å². The van der Waals surface area contributed by atoms with E-state index in [9.17, 15) is 14.7 Å². The van der Waals surface area contributed by atoms with Crippen molar-refractivity contribution in [1.82, 2.24) is 14.5 Å². The Bertz CT molecular complexity index is 1890. The van der Waals surface area contributed by atoms with Crippen LogP contribution in [0.15, 0.2) is 72.8 Å². The van der Waals surface area contributed by atoms with Gasteiger partial charge in [0.05, 0.1) is 41.2 Å². The molecule has 0 radical (unpaired) electrons. The maximum Gasteiger partial charge on any atom is 0.335 e. The summed E-state index contributed by atoms with van der Waals surface area (Å²) in [4.78, 5) is 32.6. The number of halogens is 1. The molecule has 1 aliphatic carbocycles. The zero-order chi connectivity index (χ0) is 30.2. The maximum absolute atomic E-state index is 13.7. The monoisotopic (exact) mass is 607 g/mol. The standard InChI is InChI=1S/C36H34ClN3O4/c37-29-9-5-4-8-27(29)31-15-11-24-20-25(12-14-30(24)38-31)35-34(23-6-2-1-3-7-23)28-13-10-26(36(42)43)21-32(28)40(35)22-33(41)39-16-18-44-19-17-39/h4-5,8-15,20-21,23H,1-3,6-7,16-19,22H2,(H,42,43). The number of fused-ring (bicyclic) bond motifs is 2. The van der Waals surface area contributed by atoms with E-state index in [4.69, 9.17) is 21.3 Å². The molecule has 224 valence electrons. The number of carbonyl (C=O) groups excluding carboxylic acids is 1. The molecule has 0 unspecified atom stereocenters. The number of hydrogen-bond acceptors (Lipinski definition) is 4. The van der Waals surface area contributed by atoms with Crippen LogP contribution in [0.3, 0.4) is 0 Å². The van der Waals surface area contributed by atoms with E-state index >= 15 is 0 Å². The summed E-state index contributed by atoms with van der Waals surface area (Å²) >= 11 is 6.47. The van der Waals surface area contributed by atoms with Gasteiger partial charge in [-0.2, -0.15) is 0 Å². The van der Waals surface area contributed by atoms with Crippen LogP contribution in [0.4, 0.5) is 0 Å². The summed E-state index contributed by atoms with van der Waals surface area (Å²) < 4.78 is 7.56. The topological polar surface area (TPSA) is 84.7 Å². The van der Waals surface area contributed by atoms with Gasteiger partial charge in [-0.1, -0.05) is 67.3 Å². The minimum atomic E-state index is -0.981. The first-order valence-electron chi connectivity index (χ1n) is 15.4. The van der Waals surface area contributed by atoms with Crippen molar-refractivity contribution >= 4 is 45.3 Å². The molecule has 0 bridgehead atoms. The van der Waals surface area contributed by atoms with E-state index in [1.54, 1.807) is 12.1 Å². The Balaban J connectivity index is 1.41. The fourth-order valence-corrected chi connectivity index (χ4v) is 7.16. The average molecular weight is 608 g/mol. The molecular weight excluding hydrogens is 574 g/mol. The van der Waals surface area contributed by atoms with Crippen LogP contribution in [-0.2, 0) is 16.1 Å². The summed E-state index contributed by atoms with van der Waals surface area (Å²) in [5.74, 6) is -0.645. The average Bonchev–Trinajstić information content (AvgIpc) is 3.38. The second-order valence-electron chi connectivity index (χ2n) is 11.8. The van der Waals surface area contributed by atoms with Crippen LogP contribution in [0.5, 0.6) is 0 Å². The Labute approximate surface area is 261 Å². The van der Waals surface area contributed by atoms with Crippen molar-refractivity contribution in [3.8, 4) is 22.5 Å². The summed E-state index contributed by atoms with van der Waals surface area (Å²) in [6, 6.07) is 23.4. The third-order valence-corrected chi connectivity index (χ3v) is 9.46. The van der Waals surface area contributed by atoms with E-state index in [1.807, 2.05) is 47.4 Å². The molecule has 7 rings (SSSR count). The van der Waals surface area contributed by atoms with Crippen LogP contribution >= 0.6 is 11.6 Å². The first-order chi connectivity index (χ1) is 21.5. The van der Waals surface area contributed by atoms with Crippen LogP contribution in [0, 0.1) is 0 Å². The number of aromatic carboxylic acids is 1. The van der Waals surface area contributed by atoms with Gasteiger partial charge in [-0.15, -0.1) is 0 Å². The molecule has 2 fully saturated rings. The number of benzene rings is 3. The molecule has 7 nitrogen and oxygen atoms in total. The fourth-order valence-electron chi connectivity index (χ4n) is 6.93. The Hall–Kier alpha value is -4.20. The van der Waals surface area contributed by atoms with Crippen molar-refractivity contribution in [1.29, 1.82) is 0 Å². The third-order valence-electron chi connectivity index (χ3n) is 9.13. The lowest BCUT2D eigenvalue weighted by atomic mass is 9.81. The number of carboxylic acids is 1. The summed E-state index contributed by atoms with van der Waals surface area (Å²) in [6.45, 7) is 2.28. The van der Waals surface area contributed by atoms with Crippen LogP contribution in [0.2, 0.25) is 5.02 Å². The molecule has 5 aromatic rings. The highest BCUT2D eigenvalue weighted by atomic mass is 35.5. The Kier molecular flexibility index (Phi) is 7.83. The number of morpholine rings is 1. The van der Waals surface area contributed by atoms with E-state index in [1.165, 1.54) is 12.0 Å². The molecule has 1 aliphatic heterocycles. The molecule has 2 aliphatic rings. The van der Waals surface area contributed by atoms with Crippen molar-refractivity contribution in [3.05, 3.63) is 88.9 Å². The molecule has 1 saturated heterocycles. The number of carbonyl (C=O) groups is 2. The summed E-state index contributed by atoms with van der Waals surface area (Å²) in [5.41, 5.74) is 6.75. The molecule has 0 spiro atoms. The molecule has 1 saturated carbocycles. The Morgan fingerprint density at radius 3 is 2.50 bits per heavy atom. The van der Waals surface area contributed by atoms with E-state index in [2.05, 4.69) is 22.8 Å². The molecule has 3 aromatic carbocycles. The van der Waals surface area contributed by atoms with E-state index in [0.29, 0.717) is 37.2 Å². The maximum atomic E-state index is 13.7. The highest BCUT2D eigenvalue weighted by Gasteiger charge is 2.29. The van der Waals surface area contributed by atoms with Gasteiger partial charge in [0.25, 0.3) is 0 Å². The SMILES string of the molecule is O=C(O)c1ccc2c(C3CCCCC3)c(-c3ccc4nc(-c5ccccc5Cl)ccc4c3)n(CC(=O)N3CCOCC3)c2c1. The number of amides is 1. The second kappa shape index (κ2) is 12.1. The van der Waals surface area contributed by atoms with Gasteiger partial charge in [0, 0.05) is 34.4 Å². The first kappa shape index (κ1) is 28.6. The number of hydrogen-bond donors (Lipinski definition) is 1. The van der Waals surface area contributed by atoms with E-state index in [0.717, 1.165) is 70.0 Å². The van der Waals surface area contributed by atoms with Crippen molar-refractivity contribution in [2.45, 2.75) is 44.6 Å². The molecule has 0 atom stereocenters. The fraction of sp³-hybridized carbons (Fsp3) is 0.306. The van der Waals surface area contributed by atoms with Crippen molar-refractivity contribution < 1.29 is 19.4 Å². The highest BCUT2D eigenvalue weighted by Crippen LogP contribution is 2.45. The predicted octanol–water partition coefficient (Wildman–Crippen LogP) is 7.78. The molecule has 2 aromatic heterocycles. The summed E-state index contributed by atoms with van der Waals surface area (Å²) in [7, 11) is 0. The quantitative estimate of drug-likeness (QED) is 0.213. The van der Waals surface area contributed by atoms with Gasteiger partial charge in [0.1, 0.15) is 6.54 Å².